The second-order valence-electron chi connectivity index (χ2n) is 5.57. The minimum Gasteiger partial charge on any atom is -0.469 e. The largest absolute Gasteiger partial charge is 0.469 e. The summed E-state index contributed by atoms with van der Waals surface area (Å²) >= 11 is 0. The summed E-state index contributed by atoms with van der Waals surface area (Å²) < 4.78 is 17.8. The van der Waals surface area contributed by atoms with Crippen LogP contribution in [0, 0.1) is 24.7 Å². The van der Waals surface area contributed by atoms with Crippen LogP contribution in [0.4, 0.5) is 0 Å². The molecular weight excluding hydrogens is 272 g/mol. The molecule has 5 atom stereocenters. The topological polar surface area (TPSA) is 43.4 Å². The molecule has 2 aliphatic rings. The molecule has 3 rings (SSSR count). The number of hydrogen-bond acceptors (Lipinski definition) is 3. The molecule has 1 aromatic rings. The third-order valence-electron chi connectivity index (χ3n) is 4.36. The average molecular weight is 290 g/mol. The summed E-state index contributed by atoms with van der Waals surface area (Å²) in [5.41, 5.74) is 1.14. The van der Waals surface area contributed by atoms with Crippen LogP contribution in [-0.2, 0) is 20.3 Å². The minimum absolute atomic E-state index is 0.153. The van der Waals surface area contributed by atoms with Crippen LogP contribution in [0.3, 0.4) is 0 Å². The number of carbonyl (C=O) groups excluding carboxylic acids is 1. The molecule has 3 nitrogen and oxygen atoms in total. The van der Waals surface area contributed by atoms with Gasteiger partial charge in [0.25, 0.3) is 0 Å². The zero-order valence-corrected chi connectivity index (χ0v) is 12.4. The lowest BCUT2D eigenvalue weighted by Crippen LogP contribution is -2.36. The maximum absolute atomic E-state index is 12.8. The van der Waals surface area contributed by atoms with Crippen LogP contribution in [0.25, 0.3) is 0 Å². The summed E-state index contributed by atoms with van der Waals surface area (Å²) in [6.07, 6.45) is 5.11. The summed E-state index contributed by atoms with van der Waals surface area (Å²) in [6, 6.07) is 7.72. The van der Waals surface area contributed by atoms with Crippen molar-refractivity contribution in [2.24, 2.45) is 17.8 Å². The average Bonchev–Trinajstić information content (AvgIpc) is 3.07. The van der Waals surface area contributed by atoms with Gasteiger partial charge in [-0.1, -0.05) is 29.8 Å². The first kappa shape index (κ1) is 13.6. The van der Waals surface area contributed by atoms with E-state index < -0.39 is 10.8 Å². The molecule has 0 amide bonds. The number of fused-ring (bicyclic) bond motifs is 2. The van der Waals surface area contributed by atoms with Crippen LogP contribution < -0.4 is 0 Å². The second kappa shape index (κ2) is 5.17. The Morgan fingerprint density at radius 1 is 1.20 bits per heavy atom. The zero-order valence-electron chi connectivity index (χ0n) is 11.6. The predicted molar refractivity (Wildman–Crippen MR) is 77.6 cm³/mol. The number of methoxy groups -OCH3 is 1. The first-order valence-electron chi connectivity index (χ1n) is 6.85. The van der Waals surface area contributed by atoms with Crippen molar-refractivity contribution in [3.05, 3.63) is 42.0 Å². The van der Waals surface area contributed by atoms with E-state index >= 15 is 0 Å². The number of benzene rings is 1. The summed E-state index contributed by atoms with van der Waals surface area (Å²) in [4.78, 5) is 12.8. The normalized spacial score (nSPS) is 32.3. The van der Waals surface area contributed by atoms with Gasteiger partial charge < -0.3 is 4.74 Å². The molecule has 0 spiro atoms. The summed E-state index contributed by atoms with van der Waals surface area (Å²) in [5, 5.41) is -0.153. The molecule has 0 radical (unpaired) electrons. The number of rotatable bonds is 3. The van der Waals surface area contributed by atoms with Gasteiger partial charge in [-0.25, -0.2) is 0 Å². The first-order valence-corrected chi connectivity index (χ1v) is 8.06. The lowest BCUT2D eigenvalue weighted by Gasteiger charge is -2.25. The van der Waals surface area contributed by atoms with E-state index in [4.69, 9.17) is 4.74 Å². The summed E-state index contributed by atoms with van der Waals surface area (Å²) in [5.74, 6) is -0.0810. The highest BCUT2D eigenvalue weighted by Gasteiger charge is 2.51. The molecule has 1 aromatic carbocycles. The molecule has 106 valence electrons. The van der Waals surface area contributed by atoms with E-state index in [1.807, 2.05) is 31.2 Å². The Morgan fingerprint density at radius 2 is 1.85 bits per heavy atom. The Kier molecular flexibility index (Phi) is 3.50. The van der Waals surface area contributed by atoms with Gasteiger partial charge in [0.1, 0.15) is 0 Å². The molecular formula is C16H18O3S. The zero-order chi connectivity index (χ0) is 14.3. The van der Waals surface area contributed by atoms with Crippen LogP contribution in [0.5, 0.6) is 0 Å². The monoisotopic (exact) mass is 290 g/mol. The molecule has 20 heavy (non-hydrogen) atoms. The molecule has 4 heteroatoms. The fraction of sp³-hybridized carbons (Fsp3) is 0.438. The van der Waals surface area contributed by atoms with E-state index in [0.717, 1.165) is 16.9 Å². The van der Waals surface area contributed by atoms with Gasteiger partial charge in [-0.15, -0.1) is 0 Å². The maximum Gasteiger partial charge on any atom is 0.310 e. The van der Waals surface area contributed by atoms with Gasteiger partial charge >= 0.3 is 5.97 Å². The molecule has 1 saturated carbocycles. The Labute approximate surface area is 121 Å². The van der Waals surface area contributed by atoms with Gasteiger partial charge in [-0.3, -0.25) is 9.00 Å². The van der Waals surface area contributed by atoms with Gasteiger partial charge in [0.15, 0.2) is 0 Å². The molecule has 1 fully saturated rings. The van der Waals surface area contributed by atoms with E-state index in [0.29, 0.717) is 0 Å². The van der Waals surface area contributed by atoms with Crippen LogP contribution in [-0.4, -0.2) is 22.5 Å². The maximum atomic E-state index is 12.8. The van der Waals surface area contributed by atoms with Crippen LogP contribution in [0.2, 0.25) is 0 Å². The number of aryl methyl sites for hydroxylation is 1. The minimum atomic E-state index is -1.17. The second-order valence-corrected chi connectivity index (χ2v) is 7.18. The van der Waals surface area contributed by atoms with Crippen molar-refractivity contribution >= 4 is 16.8 Å². The lowest BCUT2D eigenvalue weighted by atomic mass is 9.93. The van der Waals surface area contributed by atoms with Crippen molar-refractivity contribution in [3.63, 3.8) is 0 Å². The third kappa shape index (κ3) is 2.12. The SMILES string of the molecule is COC(=O)[C@H]1[C@@H](S(=O)c2ccc(C)cc2)[C@@H]2C=C[C@H]1C2. The highest BCUT2D eigenvalue weighted by molar-refractivity contribution is 7.85. The molecule has 1 unspecified atom stereocenters. The van der Waals surface area contributed by atoms with Gasteiger partial charge in [-0.05, 0) is 37.3 Å². The van der Waals surface area contributed by atoms with Gasteiger partial charge in [0, 0.05) is 4.90 Å². The van der Waals surface area contributed by atoms with Crippen molar-refractivity contribution in [3.8, 4) is 0 Å². The Bertz CT molecular complexity index is 576. The third-order valence-corrected chi connectivity index (χ3v) is 6.23. The Hall–Kier alpha value is -1.42. The van der Waals surface area contributed by atoms with Crippen molar-refractivity contribution in [2.45, 2.75) is 23.5 Å². The highest BCUT2D eigenvalue weighted by atomic mass is 32.2. The molecule has 0 aliphatic heterocycles. The molecule has 0 heterocycles. The predicted octanol–water partition coefficient (Wildman–Crippen LogP) is 2.47. The van der Waals surface area contributed by atoms with E-state index in [2.05, 4.69) is 12.2 Å². The quantitative estimate of drug-likeness (QED) is 0.634. The van der Waals surface area contributed by atoms with E-state index in [1.165, 1.54) is 7.11 Å². The van der Waals surface area contributed by atoms with Crippen molar-refractivity contribution in [1.82, 2.24) is 0 Å². The molecule has 0 saturated heterocycles. The molecule has 0 N–H and O–H groups in total. The smallest absolute Gasteiger partial charge is 0.310 e. The van der Waals surface area contributed by atoms with E-state index in [9.17, 15) is 9.00 Å². The number of hydrogen-bond donors (Lipinski definition) is 0. The fourth-order valence-electron chi connectivity index (χ4n) is 3.34. The van der Waals surface area contributed by atoms with Gasteiger partial charge in [-0.2, -0.15) is 0 Å². The molecule has 0 aromatic heterocycles. The molecule has 2 aliphatic carbocycles. The van der Waals surface area contributed by atoms with Gasteiger partial charge in [0.05, 0.1) is 29.1 Å². The summed E-state index contributed by atoms with van der Waals surface area (Å²) in [7, 11) is 0.236. The first-order chi connectivity index (χ1) is 9.61. The number of allylic oxidation sites excluding steroid dienone is 2. The molecule has 2 bridgehead atoms. The standard InChI is InChI=1S/C16H18O3S/c1-10-3-7-13(8-4-10)20(18)15-12-6-5-11(9-12)14(15)16(17)19-2/h3-8,11-12,14-15H,9H2,1-2H3/t11-,12+,14+,15-,20?/m0/s1. The number of carbonyl (C=O) groups is 1. The van der Waals surface area contributed by atoms with E-state index in [-0.39, 0.29) is 29.0 Å². The highest BCUT2D eigenvalue weighted by Crippen LogP contribution is 2.47. The van der Waals surface area contributed by atoms with Crippen LogP contribution in [0.15, 0.2) is 41.3 Å². The van der Waals surface area contributed by atoms with Gasteiger partial charge in [0.2, 0.25) is 0 Å². The van der Waals surface area contributed by atoms with Crippen LogP contribution in [0.1, 0.15) is 12.0 Å². The Morgan fingerprint density at radius 3 is 2.50 bits per heavy atom. The van der Waals surface area contributed by atoms with Crippen molar-refractivity contribution in [2.75, 3.05) is 7.11 Å². The Balaban J connectivity index is 1.91. The number of esters is 1. The van der Waals surface area contributed by atoms with Crippen LogP contribution >= 0.6 is 0 Å². The van der Waals surface area contributed by atoms with Crippen molar-refractivity contribution < 1.29 is 13.7 Å². The number of ether oxygens (including phenoxy) is 1. The lowest BCUT2D eigenvalue weighted by molar-refractivity contribution is -0.146. The van der Waals surface area contributed by atoms with E-state index in [1.54, 1.807) is 0 Å². The fourth-order valence-corrected chi connectivity index (χ4v) is 5.16. The van der Waals surface area contributed by atoms with Crippen molar-refractivity contribution in [1.29, 1.82) is 0 Å². The summed E-state index contributed by atoms with van der Waals surface area (Å²) in [6.45, 7) is 2.00.